The van der Waals surface area contributed by atoms with E-state index in [2.05, 4.69) is 17.4 Å². The van der Waals surface area contributed by atoms with Crippen LogP contribution in [0.2, 0.25) is 0 Å². The highest BCUT2D eigenvalue weighted by molar-refractivity contribution is 5.80. The van der Waals surface area contributed by atoms with Crippen LogP contribution in [0.1, 0.15) is 18.4 Å². The molecule has 0 radical (unpaired) electrons. The van der Waals surface area contributed by atoms with E-state index < -0.39 is 5.97 Å². The zero-order chi connectivity index (χ0) is 19.8. The van der Waals surface area contributed by atoms with Crippen molar-refractivity contribution in [3.8, 4) is 22.6 Å². The standard InChI is InChI=1S/C23H21NO4/c25-22(14-15-23(26)27)24-16-17-6-10-20(11-7-17)28-21-12-8-19(9-13-21)18-4-2-1-3-5-18/h1-13H,14-16H2,(H,24,25)(H,26,27). The van der Waals surface area contributed by atoms with Crippen molar-refractivity contribution < 1.29 is 19.4 Å². The van der Waals surface area contributed by atoms with Crippen LogP contribution in [0.15, 0.2) is 78.9 Å². The third-order valence-corrected chi connectivity index (χ3v) is 4.18. The van der Waals surface area contributed by atoms with Gasteiger partial charge in [0.1, 0.15) is 11.5 Å². The van der Waals surface area contributed by atoms with Gasteiger partial charge in [0.25, 0.3) is 0 Å². The zero-order valence-corrected chi connectivity index (χ0v) is 15.3. The molecule has 2 N–H and O–H groups in total. The summed E-state index contributed by atoms with van der Waals surface area (Å²) < 4.78 is 5.86. The first-order valence-corrected chi connectivity index (χ1v) is 9.01. The van der Waals surface area contributed by atoms with Crippen LogP contribution in [0.25, 0.3) is 11.1 Å². The average Bonchev–Trinajstić information content (AvgIpc) is 2.73. The zero-order valence-electron chi connectivity index (χ0n) is 15.3. The van der Waals surface area contributed by atoms with Crippen LogP contribution in [-0.4, -0.2) is 17.0 Å². The molecule has 0 aliphatic carbocycles. The summed E-state index contributed by atoms with van der Waals surface area (Å²) in [6, 6.07) is 25.4. The van der Waals surface area contributed by atoms with Crippen LogP contribution in [0.3, 0.4) is 0 Å². The molecule has 5 nitrogen and oxygen atoms in total. The van der Waals surface area contributed by atoms with Crippen LogP contribution < -0.4 is 10.1 Å². The van der Waals surface area contributed by atoms with Gasteiger partial charge in [-0.05, 0) is 41.0 Å². The summed E-state index contributed by atoms with van der Waals surface area (Å²) in [5.41, 5.74) is 3.20. The second kappa shape index (κ2) is 9.37. The van der Waals surface area contributed by atoms with Gasteiger partial charge in [-0.3, -0.25) is 9.59 Å². The minimum atomic E-state index is -0.978. The first-order chi connectivity index (χ1) is 13.6. The number of carbonyl (C=O) groups is 2. The molecule has 5 heteroatoms. The Balaban J connectivity index is 1.53. The van der Waals surface area contributed by atoms with Crippen LogP contribution in [-0.2, 0) is 16.1 Å². The molecule has 3 aromatic rings. The number of carboxylic acids is 1. The van der Waals surface area contributed by atoms with E-state index in [0.717, 1.165) is 22.4 Å². The van der Waals surface area contributed by atoms with Crippen LogP contribution in [0, 0.1) is 0 Å². The Hall–Kier alpha value is -3.60. The Morgan fingerprint density at radius 2 is 1.32 bits per heavy atom. The number of hydrogen-bond acceptors (Lipinski definition) is 3. The van der Waals surface area contributed by atoms with Gasteiger partial charge in [0.15, 0.2) is 0 Å². The molecule has 0 heterocycles. The molecule has 0 unspecified atom stereocenters. The van der Waals surface area contributed by atoms with Gasteiger partial charge in [-0.25, -0.2) is 0 Å². The molecule has 3 rings (SSSR count). The summed E-state index contributed by atoms with van der Waals surface area (Å²) in [5.74, 6) is 0.192. The van der Waals surface area contributed by atoms with E-state index >= 15 is 0 Å². The lowest BCUT2D eigenvalue weighted by molar-refractivity contribution is -0.138. The lowest BCUT2D eigenvalue weighted by Gasteiger charge is -2.09. The Kier molecular flexibility index (Phi) is 6.41. The fourth-order valence-electron chi connectivity index (χ4n) is 2.67. The first-order valence-electron chi connectivity index (χ1n) is 9.01. The van der Waals surface area contributed by atoms with E-state index in [-0.39, 0.29) is 18.7 Å². The molecule has 0 spiro atoms. The van der Waals surface area contributed by atoms with Gasteiger partial charge in [-0.15, -0.1) is 0 Å². The van der Waals surface area contributed by atoms with Crippen molar-refractivity contribution in [1.29, 1.82) is 0 Å². The monoisotopic (exact) mass is 375 g/mol. The predicted octanol–water partition coefficient (Wildman–Crippen LogP) is 4.63. The summed E-state index contributed by atoms with van der Waals surface area (Å²) in [6.45, 7) is 0.352. The maximum atomic E-state index is 11.6. The van der Waals surface area contributed by atoms with E-state index in [4.69, 9.17) is 9.84 Å². The molecule has 28 heavy (non-hydrogen) atoms. The van der Waals surface area contributed by atoms with Crippen LogP contribution in [0.4, 0.5) is 0 Å². The summed E-state index contributed by atoms with van der Waals surface area (Å²) in [6.07, 6.45) is -0.183. The van der Waals surface area contributed by atoms with Gasteiger partial charge in [-0.1, -0.05) is 54.6 Å². The SMILES string of the molecule is O=C(O)CCC(=O)NCc1ccc(Oc2ccc(-c3ccccc3)cc2)cc1. The van der Waals surface area contributed by atoms with Gasteiger partial charge in [0, 0.05) is 13.0 Å². The average molecular weight is 375 g/mol. The van der Waals surface area contributed by atoms with Crippen molar-refractivity contribution in [3.63, 3.8) is 0 Å². The number of ether oxygens (including phenoxy) is 1. The molecule has 0 aromatic heterocycles. The van der Waals surface area contributed by atoms with Gasteiger partial charge in [-0.2, -0.15) is 0 Å². The van der Waals surface area contributed by atoms with Crippen molar-refractivity contribution in [2.24, 2.45) is 0 Å². The number of amides is 1. The highest BCUT2D eigenvalue weighted by Gasteiger charge is 2.05. The molecular formula is C23H21NO4. The quantitative estimate of drug-likeness (QED) is 0.602. The number of nitrogens with one attached hydrogen (secondary N) is 1. The summed E-state index contributed by atoms with van der Waals surface area (Å²) in [4.78, 5) is 22.0. The first kappa shape index (κ1) is 19.2. The largest absolute Gasteiger partial charge is 0.481 e. The molecule has 0 bridgehead atoms. The van der Waals surface area contributed by atoms with Crippen LogP contribution >= 0.6 is 0 Å². The molecule has 142 valence electrons. The Morgan fingerprint density at radius 1 is 0.750 bits per heavy atom. The van der Waals surface area contributed by atoms with Gasteiger partial charge in [0.05, 0.1) is 6.42 Å². The normalized spacial score (nSPS) is 10.3. The fraction of sp³-hybridized carbons (Fsp3) is 0.130. The van der Waals surface area contributed by atoms with E-state index in [0.29, 0.717) is 12.3 Å². The highest BCUT2D eigenvalue weighted by atomic mass is 16.5. The predicted molar refractivity (Wildman–Crippen MR) is 107 cm³/mol. The number of rotatable bonds is 8. The molecule has 3 aromatic carbocycles. The van der Waals surface area contributed by atoms with Crippen molar-refractivity contribution >= 4 is 11.9 Å². The third-order valence-electron chi connectivity index (χ3n) is 4.18. The topological polar surface area (TPSA) is 75.6 Å². The molecule has 0 atom stereocenters. The minimum absolute atomic E-state index is 0.0183. The van der Waals surface area contributed by atoms with E-state index in [1.165, 1.54) is 0 Å². The van der Waals surface area contributed by atoms with Gasteiger partial charge >= 0.3 is 5.97 Å². The van der Waals surface area contributed by atoms with Crippen molar-refractivity contribution in [2.45, 2.75) is 19.4 Å². The van der Waals surface area contributed by atoms with Crippen molar-refractivity contribution in [2.75, 3.05) is 0 Å². The molecule has 0 aliphatic heterocycles. The second-order valence-corrected chi connectivity index (χ2v) is 6.31. The van der Waals surface area contributed by atoms with E-state index in [9.17, 15) is 9.59 Å². The summed E-state index contributed by atoms with van der Waals surface area (Å²) in [5, 5.41) is 11.3. The smallest absolute Gasteiger partial charge is 0.303 e. The number of carboxylic acid groups (broad SMARTS) is 1. The summed E-state index contributed by atoms with van der Waals surface area (Å²) >= 11 is 0. The van der Waals surface area contributed by atoms with E-state index in [1.54, 1.807) is 0 Å². The molecule has 0 saturated carbocycles. The number of aliphatic carboxylic acids is 1. The highest BCUT2D eigenvalue weighted by Crippen LogP contribution is 2.26. The van der Waals surface area contributed by atoms with E-state index in [1.807, 2.05) is 66.7 Å². The van der Waals surface area contributed by atoms with Gasteiger partial charge in [0.2, 0.25) is 5.91 Å². The second-order valence-electron chi connectivity index (χ2n) is 6.31. The Bertz CT molecular complexity index is 919. The van der Waals surface area contributed by atoms with Crippen molar-refractivity contribution in [3.05, 3.63) is 84.4 Å². The number of carbonyl (C=O) groups excluding carboxylic acids is 1. The maximum Gasteiger partial charge on any atom is 0.303 e. The lowest BCUT2D eigenvalue weighted by atomic mass is 10.1. The lowest BCUT2D eigenvalue weighted by Crippen LogP contribution is -2.23. The Morgan fingerprint density at radius 3 is 1.93 bits per heavy atom. The van der Waals surface area contributed by atoms with Gasteiger partial charge < -0.3 is 15.2 Å². The minimum Gasteiger partial charge on any atom is -0.481 e. The molecule has 1 amide bonds. The molecule has 0 fully saturated rings. The fourth-order valence-corrected chi connectivity index (χ4v) is 2.67. The maximum absolute atomic E-state index is 11.6. The molecular weight excluding hydrogens is 354 g/mol. The number of benzene rings is 3. The summed E-state index contributed by atoms with van der Waals surface area (Å²) in [7, 11) is 0. The number of hydrogen-bond donors (Lipinski definition) is 2. The third kappa shape index (κ3) is 5.71. The van der Waals surface area contributed by atoms with Crippen molar-refractivity contribution in [1.82, 2.24) is 5.32 Å². The molecule has 0 aliphatic rings. The Labute approximate surface area is 163 Å². The molecule has 0 saturated heterocycles. The van der Waals surface area contributed by atoms with Crippen LogP contribution in [0.5, 0.6) is 11.5 Å².